The van der Waals surface area contributed by atoms with E-state index in [1.807, 2.05) is 13.0 Å². The lowest BCUT2D eigenvalue weighted by atomic mass is 9.99. The summed E-state index contributed by atoms with van der Waals surface area (Å²) in [6.45, 7) is 2.01. The van der Waals surface area contributed by atoms with Crippen LogP contribution < -0.4 is 5.73 Å². The Balaban J connectivity index is 2.91. The maximum absolute atomic E-state index is 10.6. The lowest BCUT2D eigenvalue weighted by molar-refractivity contribution is -0.138. The van der Waals surface area contributed by atoms with E-state index in [-0.39, 0.29) is 0 Å². The van der Waals surface area contributed by atoms with Gasteiger partial charge in [-0.25, -0.2) is 0 Å². The van der Waals surface area contributed by atoms with Gasteiger partial charge in [0.25, 0.3) is 0 Å². The largest absolute Gasteiger partial charge is 0.480 e. The fraction of sp³-hybridized carbons (Fsp3) is 0.364. The van der Waals surface area contributed by atoms with Crippen LogP contribution in [0.4, 0.5) is 0 Å². The number of rotatable bonds is 4. The Bertz CT molecular complexity index is 366. The standard InChI is InChI=1S/C11H14ClNO2/c1-2-7-3-4-9(12)5-8(7)6-10(13)11(14)15/h3-5,10H,2,6,13H2,1H3,(H,14,15). The molecule has 0 saturated heterocycles. The number of nitrogens with two attached hydrogens (primary N) is 1. The number of aliphatic carboxylic acids is 1. The molecule has 1 unspecified atom stereocenters. The molecule has 0 aromatic heterocycles. The van der Waals surface area contributed by atoms with Crippen LogP contribution in [0.15, 0.2) is 18.2 Å². The van der Waals surface area contributed by atoms with Gasteiger partial charge < -0.3 is 10.8 Å². The molecule has 0 radical (unpaired) electrons. The van der Waals surface area contributed by atoms with Gasteiger partial charge in [0.1, 0.15) is 6.04 Å². The molecule has 0 aliphatic carbocycles. The highest BCUT2D eigenvalue weighted by atomic mass is 35.5. The first kappa shape index (κ1) is 12.0. The zero-order chi connectivity index (χ0) is 11.4. The molecule has 1 aromatic rings. The van der Waals surface area contributed by atoms with Gasteiger partial charge in [-0.3, -0.25) is 4.79 Å². The summed E-state index contributed by atoms with van der Waals surface area (Å²) >= 11 is 5.85. The van der Waals surface area contributed by atoms with Crippen molar-refractivity contribution in [3.8, 4) is 0 Å². The highest BCUT2D eigenvalue weighted by molar-refractivity contribution is 6.30. The molecule has 0 amide bonds. The van der Waals surface area contributed by atoms with Gasteiger partial charge in [0.2, 0.25) is 0 Å². The van der Waals surface area contributed by atoms with Gasteiger partial charge in [-0.1, -0.05) is 24.6 Å². The van der Waals surface area contributed by atoms with E-state index in [0.717, 1.165) is 17.5 Å². The Morgan fingerprint density at radius 1 is 1.53 bits per heavy atom. The van der Waals surface area contributed by atoms with Crippen LogP contribution in [-0.2, 0) is 17.6 Å². The average molecular weight is 228 g/mol. The summed E-state index contributed by atoms with van der Waals surface area (Å²) < 4.78 is 0. The molecule has 0 spiro atoms. The van der Waals surface area contributed by atoms with Crippen molar-refractivity contribution in [2.75, 3.05) is 0 Å². The maximum atomic E-state index is 10.6. The zero-order valence-corrected chi connectivity index (χ0v) is 9.29. The van der Waals surface area contributed by atoms with Crippen LogP contribution in [-0.4, -0.2) is 17.1 Å². The van der Waals surface area contributed by atoms with Crippen LogP contribution in [0.2, 0.25) is 5.02 Å². The number of carboxylic acid groups (broad SMARTS) is 1. The molecule has 1 rings (SSSR count). The van der Waals surface area contributed by atoms with Crippen LogP contribution in [0.25, 0.3) is 0 Å². The predicted molar refractivity (Wildman–Crippen MR) is 60.1 cm³/mol. The van der Waals surface area contributed by atoms with Crippen LogP contribution in [0.1, 0.15) is 18.1 Å². The van der Waals surface area contributed by atoms with Gasteiger partial charge in [0.05, 0.1) is 0 Å². The first-order chi connectivity index (χ1) is 7.04. The monoisotopic (exact) mass is 227 g/mol. The number of hydrogen-bond donors (Lipinski definition) is 2. The van der Waals surface area contributed by atoms with E-state index in [4.69, 9.17) is 22.4 Å². The predicted octanol–water partition coefficient (Wildman–Crippen LogP) is 1.86. The molecule has 0 aliphatic heterocycles. The molecule has 0 bridgehead atoms. The van der Waals surface area contributed by atoms with Crippen molar-refractivity contribution in [1.82, 2.24) is 0 Å². The summed E-state index contributed by atoms with van der Waals surface area (Å²) in [5.41, 5.74) is 7.49. The van der Waals surface area contributed by atoms with E-state index in [1.165, 1.54) is 0 Å². The molecule has 1 aromatic carbocycles. The maximum Gasteiger partial charge on any atom is 0.320 e. The van der Waals surface area contributed by atoms with E-state index < -0.39 is 12.0 Å². The van der Waals surface area contributed by atoms with Gasteiger partial charge in [0, 0.05) is 5.02 Å². The molecule has 0 saturated carbocycles. The lowest BCUT2D eigenvalue weighted by Gasteiger charge is -2.11. The summed E-state index contributed by atoms with van der Waals surface area (Å²) in [6, 6.07) is 4.62. The van der Waals surface area contributed by atoms with Crippen LogP contribution >= 0.6 is 11.6 Å². The molecule has 82 valence electrons. The minimum absolute atomic E-state index is 0.319. The second-order valence-corrected chi connectivity index (χ2v) is 3.85. The first-order valence-corrected chi connectivity index (χ1v) is 5.18. The van der Waals surface area contributed by atoms with Gasteiger partial charge in [-0.15, -0.1) is 0 Å². The number of carboxylic acids is 1. The smallest absolute Gasteiger partial charge is 0.320 e. The average Bonchev–Trinajstić information content (AvgIpc) is 2.18. The number of benzene rings is 1. The molecule has 3 nitrogen and oxygen atoms in total. The topological polar surface area (TPSA) is 63.3 Å². The van der Waals surface area contributed by atoms with Crippen molar-refractivity contribution in [2.45, 2.75) is 25.8 Å². The summed E-state index contributed by atoms with van der Waals surface area (Å²) in [5.74, 6) is -0.989. The third-order valence-corrected chi connectivity index (χ3v) is 2.54. The Labute approximate surface area is 93.9 Å². The number of aryl methyl sites for hydroxylation is 1. The third kappa shape index (κ3) is 3.22. The first-order valence-electron chi connectivity index (χ1n) is 4.80. The van der Waals surface area contributed by atoms with E-state index in [2.05, 4.69) is 0 Å². The Morgan fingerprint density at radius 2 is 2.20 bits per heavy atom. The van der Waals surface area contributed by atoms with Gasteiger partial charge in [0.15, 0.2) is 0 Å². The zero-order valence-electron chi connectivity index (χ0n) is 8.53. The SMILES string of the molecule is CCc1ccc(Cl)cc1CC(N)C(=O)O. The van der Waals surface area contributed by atoms with Gasteiger partial charge >= 0.3 is 5.97 Å². The minimum Gasteiger partial charge on any atom is -0.480 e. The van der Waals surface area contributed by atoms with Crippen LogP contribution in [0.5, 0.6) is 0 Å². The molecular formula is C11H14ClNO2. The van der Waals surface area contributed by atoms with Crippen molar-refractivity contribution in [2.24, 2.45) is 5.73 Å². The van der Waals surface area contributed by atoms with Crippen molar-refractivity contribution in [3.63, 3.8) is 0 Å². The highest BCUT2D eigenvalue weighted by Crippen LogP contribution is 2.18. The van der Waals surface area contributed by atoms with E-state index >= 15 is 0 Å². The van der Waals surface area contributed by atoms with Crippen molar-refractivity contribution in [3.05, 3.63) is 34.3 Å². The van der Waals surface area contributed by atoms with Crippen molar-refractivity contribution >= 4 is 17.6 Å². The van der Waals surface area contributed by atoms with E-state index in [1.54, 1.807) is 12.1 Å². The summed E-state index contributed by atoms with van der Waals surface area (Å²) in [4.78, 5) is 10.6. The fourth-order valence-electron chi connectivity index (χ4n) is 1.45. The molecule has 3 N–H and O–H groups in total. The Kier molecular flexibility index (Phi) is 4.12. The Hall–Kier alpha value is -1.06. The number of carbonyl (C=O) groups is 1. The summed E-state index contributed by atoms with van der Waals surface area (Å²) in [6.07, 6.45) is 1.16. The number of hydrogen-bond acceptors (Lipinski definition) is 2. The summed E-state index contributed by atoms with van der Waals surface area (Å²) in [5, 5.41) is 9.33. The lowest BCUT2D eigenvalue weighted by Crippen LogP contribution is -2.32. The normalized spacial score (nSPS) is 12.5. The van der Waals surface area contributed by atoms with Gasteiger partial charge in [-0.2, -0.15) is 0 Å². The highest BCUT2D eigenvalue weighted by Gasteiger charge is 2.14. The molecular weight excluding hydrogens is 214 g/mol. The molecule has 0 fully saturated rings. The molecule has 4 heteroatoms. The summed E-state index contributed by atoms with van der Waals surface area (Å²) in [7, 11) is 0. The van der Waals surface area contributed by atoms with Crippen molar-refractivity contribution in [1.29, 1.82) is 0 Å². The van der Waals surface area contributed by atoms with Crippen LogP contribution in [0, 0.1) is 0 Å². The quantitative estimate of drug-likeness (QED) is 0.825. The molecule has 15 heavy (non-hydrogen) atoms. The second kappa shape index (κ2) is 5.14. The molecule has 1 atom stereocenters. The Morgan fingerprint density at radius 3 is 2.73 bits per heavy atom. The van der Waals surface area contributed by atoms with Gasteiger partial charge in [-0.05, 0) is 36.1 Å². The molecule has 0 aliphatic rings. The third-order valence-electron chi connectivity index (χ3n) is 2.31. The van der Waals surface area contributed by atoms with Crippen LogP contribution in [0.3, 0.4) is 0 Å². The number of halogens is 1. The van der Waals surface area contributed by atoms with E-state index in [0.29, 0.717) is 11.4 Å². The van der Waals surface area contributed by atoms with Crippen molar-refractivity contribution < 1.29 is 9.90 Å². The minimum atomic E-state index is -0.989. The van der Waals surface area contributed by atoms with E-state index in [9.17, 15) is 4.79 Å². The molecule has 0 heterocycles. The second-order valence-electron chi connectivity index (χ2n) is 3.42. The fourth-order valence-corrected chi connectivity index (χ4v) is 1.65.